The summed E-state index contributed by atoms with van der Waals surface area (Å²) in [5.41, 5.74) is 0.514. The molecule has 5 nitrogen and oxygen atoms in total. The zero-order valence-corrected chi connectivity index (χ0v) is 13.5. The molecule has 110 valence electrons. The van der Waals surface area contributed by atoms with Gasteiger partial charge in [-0.1, -0.05) is 31.9 Å². The van der Waals surface area contributed by atoms with E-state index in [1.807, 2.05) is 6.92 Å². The summed E-state index contributed by atoms with van der Waals surface area (Å²) < 4.78 is 0.621. The van der Waals surface area contributed by atoms with Crippen LogP contribution in [0.4, 0.5) is 10.5 Å². The van der Waals surface area contributed by atoms with E-state index < -0.39 is 18.0 Å². The molecule has 2 amide bonds. The largest absolute Gasteiger partial charge is 0.480 e. The van der Waals surface area contributed by atoms with Crippen molar-refractivity contribution in [2.45, 2.75) is 26.3 Å². The Morgan fingerprint density at radius 1 is 1.45 bits per heavy atom. The molecule has 0 aliphatic rings. The Labute approximate surface area is 130 Å². The van der Waals surface area contributed by atoms with Gasteiger partial charge in [0.1, 0.15) is 6.04 Å². The van der Waals surface area contributed by atoms with Gasteiger partial charge in [0.15, 0.2) is 0 Å². The van der Waals surface area contributed by atoms with Crippen LogP contribution in [0.25, 0.3) is 0 Å². The van der Waals surface area contributed by atoms with Gasteiger partial charge in [-0.15, -0.1) is 0 Å². The van der Waals surface area contributed by atoms with Crippen molar-refractivity contribution in [1.29, 1.82) is 0 Å². The number of aliphatic carboxylic acids is 1. The molecule has 0 heterocycles. The van der Waals surface area contributed by atoms with Crippen molar-refractivity contribution in [2.75, 3.05) is 5.32 Å². The Kier molecular flexibility index (Phi) is 6.29. The van der Waals surface area contributed by atoms with Crippen LogP contribution in [0.3, 0.4) is 0 Å². The van der Waals surface area contributed by atoms with Gasteiger partial charge >= 0.3 is 12.0 Å². The molecule has 1 aromatic carbocycles. The molecule has 0 aliphatic carbocycles. The fourth-order valence-corrected chi connectivity index (χ4v) is 2.36. The summed E-state index contributed by atoms with van der Waals surface area (Å²) in [6.45, 7) is 3.65. The van der Waals surface area contributed by atoms with E-state index in [2.05, 4.69) is 26.6 Å². The second kappa shape index (κ2) is 7.50. The quantitative estimate of drug-likeness (QED) is 0.746. The number of urea groups is 1. The highest BCUT2D eigenvalue weighted by molar-refractivity contribution is 9.10. The smallest absolute Gasteiger partial charge is 0.326 e. The van der Waals surface area contributed by atoms with Crippen LogP contribution < -0.4 is 10.6 Å². The maximum atomic E-state index is 11.8. The van der Waals surface area contributed by atoms with E-state index in [-0.39, 0.29) is 5.92 Å². The van der Waals surface area contributed by atoms with E-state index in [4.69, 9.17) is 16.7 Å². The second-order valence-electron chi connectivity index (χ2n) is 4.42. The van der Waals surface area contributed by atoms with Gasteiger partial charge in [0.2, 0.25) is 0 Å². The number of hydrogen-bond donors (Lipinski definition) is 3. The van der Waals surface area contributed by atoms with Gasteiger partial charge in [-0.2, -0.15) is 0 Å². The number of rotatable bonds is 5. The zero-order valence-electron chi connectivity index (χ0n) is 11.1. The molecule has 3 N–H and O–H groups in total. The predicted octanol–water partition coefficient (Wildman–Crippen LogP) is 3.72. The van der Waals surface area contributed by atoms with Crippen molar-refractivity contribution in [3.8, 4) is 0 Å². The summed E-state index contributed by atoms with van der Waals surface area (Å²) in [5.74, 6) is -1.21. The molecule has 1 aromatic rings. The van der Waals surface area contributed by atoms with Crippen molar-refractivity contribution in [3.63, 3.8) is 0 Å². The molecule has 0 saturated carbocycles. The minimum Gasteiger partial charge on any atom is -0.480 e. The Morgan fingerprint density at radius 2 is 2.10 bits per heavy atom. The molecule has 0 radical (unpaired) electrons. The Balaban J connectivity index is 2.73. The molecule has 0 aromatic heterocycles. The Morgan fingerprint density at radius 3 is 2.60 bits per heavy atom. The first-order valence-electron chi connectivity index (χ1n) is 6.10. The molecule has 0 bridgehead atoms. The minimum atomic E-state index is -1.05. The number of anilines is 1. The average Bonchev–Trinajstić information content (AvgIpc) is 2.38. The molecule has 0 aliphatic heterocycles. The first-order chi connectivity index (χ1) is 9.35. The molecular weight excluding hydrogens is 348 g/mol. The number of hydrogen-bond acceptors (Lipinski definition) is 2. The monoisotopic (exact) mass is 362 g/mol. The van der Waals surface area contributed by atoms with Gasteiger partial charge in [-0.3, -0.25) is 0 Å². The highest BCUT2D eigenvalue weighted by atomic mass is 79.9. The fourth-order valence-electron chi connectivity index (χ4n) is 1.57. The second-order valence-corrected chi connectivity index (χ2v) is 5.71. The molecule has 2 atom stereocenters. The van der Waals surface area contributed by atoms with Crippen molar-refractivity contribution in [2.24, 2.45) is 5.92 Å². The number of carbonyl (C=O) groups is 2. The van der Waals surface area contributed by atoms with Crippen LogP contribution in [0, 0.1) is 5.92 Å². The van der Waals surface area contributed by atoms with E-state index in [0.29, 0.717) is 21.6 Å². The predicted molar refractivity (Wildman–Crippen MR) is 82.2 cm³/mol. The van der Waals surface area contributed by atoms with E-state index in [9.17, 15) is 9.59 Å². The van der Waals surface area contributed by atoms with Gasteiger partial charge in [-0.25, -0.2) is 9.59 Å². The third-order valence-electron chi connectivity index (χ3n) is 2.94. The highest BCUT2D eigenvalue weighted by Gasteiger charge is 2.25. The van der Waals surface area contributed by atoms with Crippen molar-refractivity contribution in [1.82, 2.24) is 5.32 Å². The number of nitrogens with one attached hydrogen (secondary N) is 2. The van der Waals surface area contributed by atoms with Crippen LogP contribution in [0.15, 0.2) is 22.7 Å². The van der Waals surface area contributed by atoms with Crippen molar-refractivity contribution >= 4 is 45.2 Å². The Bertz CT molecular complexity index is 510. The molecular formula is C13H16BrClN2O3. The zero-order chi connectivity index (χ0) is 15.3. The third kappa shape index (κ3) is 4.68. The van der Waals surface area contributed by atoms with Crippen LogP contribution >= 0.6 is 27.5 Å². The lowest BCUT2D eigenvalue weighted by Gasteiger charge is -2.20. The third-order valence-corrected chi connectivity index (χ3v) is 3.84. The highest BCUT2D eigenvalue weighted by Crippen LogP contribution is 2.25. The van der Waals surface area contributed by atoms with E-state index in [1.165, 1.54) is 0 Å². The first-order valence-corrected chi connectivity index (χ1v) is 7.27. The molecule has 1 rings (SSSR count). The maximum absolute atomic E-state index is 11.8. The normalized spacial score (nSPS) is 13.4. The summed E-state index contributed by atoms with van der Waals surface area (Å²) in [6.07, 6.45) is 0.655. The first kappa shape index (κ1) is 16.8. The summed E-state index contributed by atoms with van der Waals surface area (Å²) in [6, 6.07) is 3.41. The van der Waals surface area contributed by atoms with Crippen molar-refractivity contribution < 1.29 is 14.7 Å². The number of carboxylic acid groups (broad SMARTS) is 1. The maximum Gasteiger partial charge on any atom is 0.326 e. The molecule has 0 saturated heterocycles. The molecule has 20 heavy (non-hydrogen) atoms. The number of carboxylic acids is 1. The van der Waals surface area contributed by atoms with Crippen LogP contribution in [0.5, 0.6) is 0 Å². The fraction of sp³-hybridized carbons (Fsp3) is 0.385. The van der Waals surface area contributed by atoms with Gasteiger partial charge in [0.25, 0.3) is 0 Å². The number of halogens is 2. The van der Waals surface area contributed by atoms with Crippen LogP contribution in [0.2, 0.25) is 5.02 Å². The standard InChI is InChI=1S/C13H16BrClN2O3/c1-3-7(2)11(12(18)19)17-13(20)16-10-5-4-8(15)6-9(10)14/h4-7,11H,3H2,1-2H3,(H,18,19)(H2,16,17,20)/t7?,11-/m0/s1. The van der Waals surface area contributed by atoms with Gasteiger partial charge in [-0.05, 0) is 40.0 Å². The van der Waals surface area contributed by atoms with E-state index in [1.54, 1.807) is 25.1 Å². The lowest BCUT2D eigenvalue weighted by atomic mass is 9.99. The topological polar surface area (TPSA) is 78.4 Å². The molecule has 0 spiro atoms. The number of benzene rings is 1. The summed E-state index contributed by atoms with van der Waals surface area (Å²) in [4.78, 5) is 23.0. The summed E-state index contributed by atoms with van der Waals surface area (Å²) in [5, 5.41) is 14.7. The van der Waals surface area contributed by atoms with E-state index in [0.717, 1.165) is 0 Å². The Hall–Kier alpha value is -1.27. The molecule has 0 fully saturated rings. The van der Waals surface area contributed by atoms with Crippen LogP contribution in [-0.2, 0) is 4.79 Å². The minimum absolute atomic E-state index is 0.160. The molecule has 1 unspecified atom stereocenters. The number of carbonyl (C=O) groups excluding carboxylic acids is 1. The van der Waals surface area contributed by atoms with Crippen molar-refractivity contribution in [3.05, 3.63) is 27.7 Å². The van der Waals surface area contributed by atoms with Gasteiger partial charge < -0.3 is 15.7 Å². The summed E-state index contributed by atoms with van der Waals surface area (Å²) >= 11 is 9.07. The summed E-state index contributed by atoms with van der Waals surface area (Å²) in [7, 11) is 0. The average molecular weight is 364 g/mol. The van der Waals surface area contributed by atoms with E-state index >= 15 is 0 Å². The van der Waals surface area contributed by atoms with Crippen LogP contribution in [0.1, 0.15) is 20.3 Å². The molecule has 7 heteroatoms. The van der Waals surface area contributed by atoms with Gasteiger partial charge in [0.05, 0.1) is 5.69 Å². The van der Waals surface area contributed by atoms with Gasteiger partial charge in [0, 0.05) is 9.50 Å². The lowest BCUT2D eigenvalue weighted by molar-refractivity contribution is -0.140. The lowest BCUT2D eigenvalue weighted by Crippen LogP contribution is -2.46. The van der Waals surface area contributed by atoms with Crippen LogP contribution in [-0.4, -0.2) is 23.1 Å². The number of amides is 2. The SMILES string of the molecule is CCC(C)[C@H](NC(=O)Nc1ccc(Cl)cc1Br)C(=O)O.